The highest BCUT2D eigenvalue weighted by molar-refractivity contribution is 5.91. The normalized spacial score (nSPS) is 10.6. The van der Waals surface area contributed by atoms with Crippen molar-refractivity contribution in [1.82, 2.24) is 9.97 Å². The van der Waals surface area contributed by atoms with Gasteiger partial charge in [-0.15, -0.1) is 0 Å². The lowest BCUT2D eigenvalue weighted by atomic mass is 10.2. The van der Waals surface area contributed by atoms with Crippen LogP contribution in [0, 0.1) is 0 Å². The van der Waals surface area contributed by atoms with Crippen molar-refractivity contribution in [3.8, 4) is 11.5 Å². The summed E-state index contributed by atoms with van der Waals surface area (Å²) in [5.41, 5.74) is 6.78. The van der Waals surface area contributed by atoms with Gasteiger partial charge in [0, 0.05) is 25.0 Å². The van der Waals surface area contributed by atoms with Crippen LogP contribution in [0.15, 0.2) is 12.1 Å². The zero-order valence-electron chi connectivity index (χ0n) is 12.3. The highest BCUT2D eigenvalue weighted by Crippen LogP contribution is 2.33. The van der Waals surface area contributed by atoms with Gasteiger partial charge in [0.25, 0.3) is 0 Å². The van der Waals surface area contributed by atoms with Gasteiger partial charge in [0.05, 0.1) is 19.7 Å². The second kappa shape index (κ2) is 5.81. The molecule has 6 nitrogen and oxygen atoms in total. The minimum absolute atomic E-state index is 0.439. The molecule has 2 N–H and O–H groups in total. The highest BCUT2D eigenvalue weighted by atomic mass is 16.5. The van der Waals surface area contributed by atoms with Gasteiger partial charge in [0.1, 0.15) is 5.82 Å². The van der Waals surface area contributed by atoms with E-state index in [0.29, 0.717) is 23.3 Å². The van der Waals surface area contributed by atoms with Crippen molar-refractivity contribution in [3.05, 3.63) is 12.1 Å². The first-order valence-electron chi connectivity index (χ1n) is 6.51. The van der Waals surface area contributed by atoms with Gasteiger partial charge in [-0.25, -0.2) is 4.98 Å². The van der Waals surface area contributed by atoms with E-state index in [1.54, 1.807) is 20.3 Å². The first-order chi connectivity index (χ1) is 9.60. The van der Waals surface area contributed by atoms with Gasteiger partial charge < -0.3 is 20.1 Å². The number of methoxy groups -OCH3 is 2. The maximum absolute atomic E-state index is 6.03. The molecule has 20 heavy (non-hydrogen) atoms. The Morgan fingerprint density at radius 2 is 1.80 bits per heavy atom. The summed E-state index contributed by atoms with van der Waals surface area (Å²) in [6.45, 7) is 2.98. The predicted octanol–water partition coefficient (Wildman–Crippen LogP) is 2.08. The van der Waals surface area contributed by atoms with Crippen LogP contribution in [-0.2, 0) is 0 Å². The average molecular weight is 276 g/mol. The van der Waals surface area contributed by atoms with Crippen molar-refractivity contribution in [2.75, 3.05) is 38.4 Å². The first-order valence-corrected chi connectivity index (χ1v) is 6.51. The zero-order chi connectivity index (χ0) is 14.7. The molecule has 0 aliphatic rings. The van der Waals surface area contributed by atoms with Crippen LogP contribution in [0.2, 0.25) is 0 Å². The molecule has 0 spiro atoms. The number of anilines is 2. The number of benzene rings is 1. The summed E-state index contributed by atoms with van der Waals surface area (Å²) < 4.78 is 10.6. The number of hydrogen-bond acceptors (Lipinski definition) is 6. The van der Waals surface area contributed by atoms with E-state index in [1.807, 2.05) is 18.0 Å². The average Bonchev–Trinajstić information content (AvgIpc) is 2.46. The van der Waals surface area contributed by atoms with E-state index in [-0.39, 0.29) is 0 Å². The molecule has 2 aromatic rings. The molecular weight excluding hydrogens is 256 g/mol. The molecule has 0 saturated carbocycles. The van der Waals surface area contributed by atoms with Crippen LogP contribution in [-0.4, -0.2) is 37.8 Å². The smallest absolute Gasteiger partial charge is 0.227 e. The fourth-order valence-corrected chi connectivity index (χ4v) is 2.07. The van der Waals surface area contributed by atoms with E-state index in [1.165, 1.54) is 0 Å². The Balaban J connectivity index is 2.58. The number of fused-ring (bicyclic) bond motifs is 1. The molecule has 0 bridgehead atoms. The third-order valence-corrected chi connectivity index (χ3v) is 3.12. The number of ether oxygens (including phenoxy) is 2. The van der Waals surface area contributed by atoms with Gasteiger partial charge in [-0.1, -0.05) is 6.92 Å². The van der Waals surface area contributed by atoms with Crippen LogP contribution in [0.3, 0.4) is 0 Å². The van der Waals surface area contributed by atoms with E-state index in [4.69, 9.17) is 15.2 Å². The van der Waals surface area contributed by atoms with Crippen LogP contribution in [0.5, 0.6) is 11.5 Å². The van der Waals surface area contributed by atoms with Crippen molar-refractivity contribution in [2.45, 2.75) is 13.3 Å². The zero-order valence-corrected chi connectivity index (χ0v) is 12.3. The van der Waals surface area contributed by atoms with E-state index in [9.17, 15) is 0 Å². The summed E-state index contributed by atoms with van der Waals surface area (Å²) in [7, 11) is 5.13. The van der Waals surface area contributed by atoms with Crippen molar-refractivity contribution in [2.24, 2.45) is 0 Å². The van der Waals surface area contributed by atoms with E-state index in [0.717, 1.165) is 23.9 Å². The van der Waals surface area contributed by atoms with E-state index >= 15 is 0 Å². The second-order valence-corrected chi connectivity index (χ2v) is 4.55. The van der Waals surface area contributed by atoms with Gasteiger partial charge in [0.15, 0.2) is 11.5 Å². The van der Waals surface area contributed by atoms with Crippen molar-refractivity contribution in [1.29, 1.82) is 0 Å². The summed E-state index contributed by atoms with van der Waals surface area (Å²) in [6, 6.07) is 3.61. The minimum Gasteiger partial charge on any atom is -0.493 e. The number of rotatable bonds is 5. The molecular formula is C14H20N4O2. The van der Waals surface area contributed by atoms with Crippen LogP contribution in [0.4, 0.5) is 11.8 Å². The SMILES string of the molecule is CCCN(C)c1nc(N)c2cc(OC)c(OC)cc2n1. The van der Waals surface area contributed by atoms with Crippen LogP contribution >= 0.6 is 0 Å². The molecule has 0 fully saturated rings. The lowest BCUT2D eigenvalue weighted by Gasteiger charge is -2.17. The molecule has 0 atom stereocenters. The van der Waals surface area contributed by atoms with Crippen LogP contribution in [0.1, 0.15) is 13.3 Å². The molecule has 0 unspecified atom stereocenters. The molecule has 1 heterocycles. The Kier molecular flexibility index (Phi) is 4.12. The Morgan fingerprint density at radius 1 is 1.15 bits per heavy atom. The fraction of sp³-hybridized carbons (Fsp3) is 0.429. The molecule has 0 aliphatic carbocycles. The number of nitrogen functional groups attached to an aromatic ring is 1. The summed E-state index contributed by atoms with van der Waals surface area (Å²) in [6.07, 6.45) is 1.02. The third kappa shape index (κ3) is 2.54. The maximum Gasteiger partial charge on any atom is 0.227 e. The van der Waals surface area contributed by atoms with Gasteiger partial charge in [0.2, 0.25) is 5.95 Å². The van der Waals surface area contributed by atoms with Gasteiger partial charge >= 0.3 is 0 Å². The molecule has 108 valence electrons. The largest absolute Gasteiger partial charge is 0.493 e. The number of hydrogen-bond donors (Lipinski definition) is 1. The maximum atomic E-state index is 6.03. The quantitative estimate of drug-likeness (QED) is 0.901. The van der Waals surface area contributed by atoms with E-state index in [2.05, 4.69) is 16.9 Å². The van der Waals surface area contributed by atoms with Crippen molar-refractivity contribution >= 4 is 22.7 Å². The molecule has 0 saturated heterocycles. The predicted molar refractivity (Wildman–Crippen MR) is 80.6 cm³/mol. The van der Waals surface area contributed by atoms with Gasteiger partial charge in [-0.05, 0) is 12.5 Å². The summed E-state index contributed by atoms with van der Waals surface area (Å²) >= 11 is 0. The second-order valence-electron chi connectivity index (χ2n) is 4.55. The summed E-state index contributed by atoms with van der Waals surface area (Å²) in [4.78, 5) is 10.9. The van der Waals surface area contributed by atoms with Crippen LogP contribution in [0.25, 0.3) is 10.9 Å². The minimum atomic E-state index is 0.439. The Labute approximate surface area is 118 Å². The molecule has 1 aromatic carbocycles. The molecule has 0 amide bonds. The first kappa shape index (κ1) is 14.2. The highest BCUT2D eigenvalue weighted by Gasteiger charge is 2.13. The topological polar surface area (TPSA) is 73.5 Å². The number of nitrogens with zero attached hydrogens (tertiary/aromatic N) is 3. The third-order valence-electron chi connectivity index (χ3n) is 3.12. The monoisotopic (exact) mass is 276 g/mol. The Hall–Kier alpha value is -2.24. The van der Waals surface area contributed by atoms with Crippen molar-refractivity contribution < 1.29 is 9.47 Å². The molecule has 0 aliphatic heterocycles. The Morgan fingerprint density at radius 3 is 2.40 bits per heavy atom. The molecule has 6 heteroatoms. The molecule has 2 rings (SSSR count). The van der Waals surface area contributed by atoms with E-state index < -0.39 is 0 Å². The Bertz CT molecular complexity index is 616. The van der Waals surface area contributed by atoms with Gasteiger partial charge in [-0.3, -0.25) is 0 Å². The van der Waals surface area contributed by atoms with Crippen LogP contribution < -0.4 is 20.1 Å². The lowest BCUT2D eigenvalue weighted by molar-refractivity contribution is 0.356. The van der Waals surface area contributed by atoms with Gasteiger partial charge in [-0.2, -0.15) is 4.98 Å². The fourth-order valence-electron chi connectivity index (χ4n) is 2.07. The summed E-state index contributed by atoms with van der Waals surface area (Å²) in [5.74, 6) is 2.30. The standard InChI is InChI=1S/C14H20N4O2/c1-5-6-18(2)14-16-10-8-12(20-4)11(19-3)7-9(10)13(15)17-14/h7-8H,5-6H2,1-4H3,(H2,15,16,17). The number of nitrogens with two attached hydrogens (primary N) is 1. The molecule has 1 aromatic heterocycles. The number of aromatic nitrogens is 2. The lowest BCUT2D eigenvalue weighted by Crippen LogP contribution is -2.21. The molecule has 0 radical (unpaired) electrons. The van der Waals surface area contributed by atoms with Crippen molar-refractivity contribution in [3.63, 3.8) is 0 Å². The summed E-state index contributed by atoms with van der Waals surface area (Å²) in [5, 5.41) is 0.760.